The molecule has 0 bridgehead atoms. The molecule has 1 heterocycles. The van der Waals surface area contributed by atoms with E-state index in [1.165, 1.54) is 5.69 Å². The highest BCUT2D eigenvalue weighted by Gasteiger charge is 2.06. The topological polar surface area (TPSA) is 28.4 Å². The van der Waals surface area contributed by atoms with Crippen LogP contribution in [-0.4, -0.2) is 28.7 Å². The number of hydrogen-bond donors (Lipinski definition) is 1. The third-order valence-corrected chi connectivity index (χ3v) is 2.60. The lowest BCUT2D eigenvalue weighted by Gasteiger charge is -2.10. The van der Waals surface area contributed by atoms with Crippen LogP contribution in [0.2, 0.25) is 0 Å². The monoisotopic (exact) mass is 204 g/mol. The number of phenols is 1. The molecule has 0 radical (unpaired) electrons. The number of hydrogen-bond acceptors (Lipinski definition) is 2. The van der Waals surface area contributed by atoms with E-state index in [1.54, 1.807) is 12.1 Å². The first kappa shape index (κ1) is 10.1. The van der Waals surface area contributed by atoms with Crippen LogP contribution in [0.15, 0.2) is 24.3 Å². The molecule has 0 saturated heterocycles. The Balaban J connectivity index is 2.54. The number of aromatic hydroxyl groups is 1. The first-order valence-corrected chi connectivity index (χ1v) is 5.00. The Hall–Kier alpha value is -1.48. The van der Waals surface area contributed by atoms with E-state index in [0.717, 1.165) is 17.4 Å². The lowest BCUT2D eigenvalue weighted by molar-refractivity contribution is 0.392. The van der Waals surface area contributed by atoms with E-state index in [4.69, 9.17) is 0 Å². The lowest BCUT2D eigenvalue weighted by Crippen LogP contribution is -2.13. The Morgan fingerprint density at radius 2 is 2.00 bits per heavy atom. The van der Waals surface area contributed by atoms with Crippen molar-refractivity contribution in [3.05, 3.63) is 30.0 Å². The standard InChI is InChI=1S/C12H16N2O/c1-13(2)8-10-6-9-7-11(15)4-5-12(9)14(10)3/h4-7,15H,8H2,1-3H3. The zero-order chi connectivity index (χ0) is 11.0. The van der Waals surface area contributed by atoms with Crippen LogP contribution >= 0.6 is 0 Å². The van der Waals surface area contributed by atoms with Gasteiger partial charge in [0.25, 0.3) is 0 Å². The van der Waals surface area contributed by atoms with E-state index >= 15 is 0 Å². The van der Waals surface area contributed by atoms with Gasteiger partial charge in [0.1, 0.15) is 5.75 Å². The molecule has 1 aromatic heterocycles. The minimum absolute atomic E-state index is 0.324. The molecule has 2 aromatic rings. The summed E-state index contributed by atoms with van der Waals surface area (Å²) in [6, 6.07) is 7.59. The molecule has 0 fully saturated rings. The zero-order valence-electron chi connectivity index (χ0n) is 9.36. The normalized spacial score (nSPS) is 11.5. The van der Waals surface area contributed by atoms with Crippen molar-refractivity contribution >= 4 is 10.9 Å². The summed E-state index contributed by atoms with van der Waals surface area (Å²) < 4.78 is 2.16. The molecule has 2 rings (SSSR count). The fraction of sp³-hybridized carbons (Fsp3) is 0.333. The summed E-state index contributed by atoms with van der Waals surface area (Å²) in [6.07, 6.45) is 0. The van der Waals surface area contributed by atoms with E-state index in [1.807, 2.05) is 6.07 Å². The quantitative estimate of drug-likeness (QED) is 0.809. The van der Waals surface area contributed by atoms with Gasteiger partial charge in [-0.1, -0.05) is 0 Å². The zero-order valence-corrected chi connectivity index (χ0v) is 9.36. The minimum atomic E-state index is 0.324. The van der Waals surface area contributed by atoms with Gasteiger partial charge in [-0.2, -0.15) is 0 Å². The summed E-state index contributed by atoms with van der Waals surface area (Å²) in [4.78, 5) is 2.13. The van der Waals surface area contributed by atoms with Crippen LogP contribution in [0.1, 0.15) is 5.69 Å². The Bertz CT molecular complexity index is 486. The number of phenolic OH excluding ortho intramolecular Hbond substituents is 1. The number of rotatable bonds is 2. The van der Waals surface area contributed by atoms with Gasteiger partial charge in [0.15, 0.2) is 0 Å². The largest absolute Gasteiger partial charge is 0.508 e. The molecule has 0 atom stereocenters. The van der Waals surface area contributed by atoms with Crippen molar-refractivity contribution in [3.63, 3.8) is 0 Å². The van der Waals surface area contributed by atoms with Crippen molar-refractivity contribution in [3.8, 4) is 5.75 Å². The van der Waals surface area contributed by atoms with Crippen LogP contribution in [0.3, 0.4) is 0 Å². The summed E-state index contributed by atoms with van der Waals surface area (Å²) in [5, 5.41) is 10.5. The molecule has 1 aromatic carbocycles. The summed E-state index contributed by atoms with van der Waals surface area (Å²) in [5.74, 6) is 0.324. The third kappa shape index (κ3) is 1.83. The van der Waals surface area contributed by atoms with Gasteiger partial charge < -0.3 is 14.6 Å². The first-order valence-electron chi connectivity index (χ1n) is 5.00. The van der Waals surface area contributed by atoms with Gasteiger partial charge in [-0.25, -0.2) is 0 Å². The highest BCUT2D eigenvalue weighted by Crippen LogP contribution is 2.23. The maximum Gasteiger partial charge on any atom is 0.116 e. The second kappa shape index (κ2) is 3.59. The number of nitrogens with zero attached hydrogens (tertiary/aromatic N) is 2. The highest BCUT2D eigenvalue weighted by atomic mass is 16.3. The number of aryl methyl sites for hydroxylation is 1. The summed E-state index contributed by atoms with van der Waals surface area (Å²) in [7, 11) is 6.16. The Labute approximate surface area is 89.5 Å². The predicted octanol–water partition coefficient (Wildman–Crippen LogP) is 1.95. The molecule has 0 aliphatic carbocycles. The third-order valence-electron chi connectivity index (χ3n) is 2.60. The molecule has 0 spiro atoms. The molecule has 0 amide bonds. The van der Waals surface area contributed by atoms with Gasteiger partial charge in [0, 0.05) is 30.2 Å². The average Bonchev–Trinajstić information content (AvgIpc) is 2.42. The summed E-state index contributed by atoms with van der Waals surface area (Å²) in [5.41, 5.74) is 2.41. The van der Waals surface area contributed by atoms with Crippen molar-refractivity contribution in [1.29, 1.82) is 0 Å². The summed E-state index contributed by atoms with van der Waals surface area (Å²) >= 11 is 0. The second-order valence-corrected chi connectivity index (χ2v) is 4.18. The lowest BCUT2D eigenvalue weighted by atomic mass is 10.2. The molecular formula is C12H16N2O. The predicted molar refractivity (Wildman–Crippen MR) is 62.0 cm³/mol. The van der Waals surface area contributed by atoms with E-state index in [-0.39, 0.29) is 0 Å². The van der Waals surface area contributed by atoms with Gasteiger partial charge >= 0.3 is 0 Å². The molecule has 1 N–H and O–H groups in total. The number of fused-ring (bicyclic) bond motifs is 1. The smallest absolute Gasteiger partial charge is 0.116 e. The van der Waals surface area contributed by atoms with Crippen LogP contribution in [0.25, 0.3) is 10.9 Å². The number of aromatic nitrogens is 1. The van der Waals surface area contributed by atoms with Gasteiger partial charge in [-0.15, -0.1) is 0 Å². The van der Waals surface area contributed by atoms with Gasteiger partial charge in [-0.3, -0.25) is 0 Å². The van der Waals surface area contributed by atoms with E-state index < -0.39 is 0 Å². The molecule has 3 heteroatoms. The molecule has 0 aliphatic rings. The van der Waals surface area contributed by atoms with Gasteiger partial charge in [0.2, 0.25) is 0 Å². The molecule has 80 valence electrons. The van der Waals surface area contributed by atoms with Gasteiger partial charge in [-0.05, 0) is 38.4 Å². The van der Waals surface area contributed by atoms with E-state index in [0.29, 0.717) is 5.75 Å². The molecule has 3 nitrogen and oxygen atoms in total. The molecule has 15 heavy (non-hydrogen) atoms. The minimum Gasteiger partial charge on any atom is -0.508 e. The maximum atomic E-state index is 9.39. The van der Waals surface area contributed by atoms with Crippen LogP contribution in [-0.2, 0) is 13.6 Å². The van der Waals surface area contributed by atoms with Crippen molar-refractivity contribution < 1.29 is 5.11 Å². The van der Waals surface area contributed by atoms with Crippen LogP contribution in [0.4, 0.5) is 0 Å². The molecule has 0 saturated carbocycles. The Kier molecular flexibility index (Phi) is 2.40. The fourth-order valence-electron chi connectivity index (χ4n) is 1.87. The SMILES string of the molecule is CN(C)Cc1cc2cc(O)ccc2n1C. The Morgan fingerprint density at radius 3 is 2.67 bits per heavy atom. The molecule has 0 unspecified atom stereocenters. The van der Waals surface area contributed by atoms with Crippen molar-refractivity contribution in [2.24, 2.45) is 7.05 Å². The number of benzene rings is 1. The average molecular weight is 204 g/mol. The van der Waals surface area contributed by atoms with E-state index in [2.05, 4.69) is 36.7 Å². The van der Waals surface area contributed by atoms with Crippen molar-refractivity contribution in [2.45, 2.75) is 6.54 Å². The molecule has 0 aliphatic heterocycles. The van der Waals surface area contributed by atoms with Crippen LogP contribution < -0.4 is 0 Å². The second-order valence-electron chi connectivity index (χ2n) is 4.18. The van der Waals surface area contributed by atoms with E-state index in [9.17, 15) is 5.11 Å². The maximum absolute atomic E-state index is 9.39. The van der Waals surface area contributed by atoms with Crippen LogP contribution in [0, 0.1) is 0 Å². The first-order chi connectivity index (χ1) is 7.08. The highest BCUT2D eigenvalue weighted by molar-refractivity contribution is 5.82. The van der Waals surface area contributed by atoms with Crippen LogP contribution in [0.5, 0.6) is 5.75 Å². The fourth-order valence-corrected chi connectivity index (χ4v) is 1.87. The molecular weight excluding hydrogens is 188 g/mol. The van der Waals surface area contributed by atoms with Crippen molar-refractivity contribution in [2.75, 3.05) is 14.1 Å². The van der Waals surface area contributed by atoms with Gasteiger partial charge in [0.05, 0.1) is 0 Å². The summed E-state index contributed by atoms with van der Waals surface area (Å²) in [6.45, 7) is 0.909. The Morgan fingerprint density at radius 1 is 1.27 bits per heavy atom. The van der Waals surface area contributed by atoms with Crippen molar-refractivity contribution in [1.82, 2.24) is 9.47 Å².